The van der Waals surface area contributed by atoms with E-state index in [0.29, 0.717) is 13.0 Å². The average Bonchev–Trinajstić information content (AvgIpc) is 3.07. The van der Waals surface area contributed by atoms with Crippen molar-refractivity contribution in [3.05, 3.63) is 78.6 Å². The molecule has 2 aromatic carbocycles. The van der Waals surface area contributed by atoms with E-state index in [0.717, 1.165) is 24.3 Å². The summed E-state index contributed by atoms with van der Waals surface area (Å²) in [4.78, 5) is 6.59. The Bertz CT molecular complexity index is 830. The fraction of sp³-hybridized carbons (Fsp3) is 0.227. The third kappa shape index (κ3) is 3.77. The number of hydrogen-bond donors (Lipinski definition) is 0. The van der Waals surface area contributed by atoms with Crippen LogP contribution < -0.4 is 0 Å². The lowest BCUT2D eigenvalue weighted by Crippen LogP contribution is -2.21. The van der Waals surface area contributed by atoms with Crippen molar-refractivity contribution in [2.24, 2.45) is 0 Å². The molecule has 2 heterocycles. The Balaban J connectivity index is 1.52. The third-order valence-electron chi connectivity index (χ3n) is 4.74. The largest absolute Gasteiger partial charge is 0.295 e. The number of halogens is 1. The Labute approximate surface area is 148 Å². The van der Waals surface area contributed by atoms with Crippen LogP contribution in [0.1, 0.15) is 12.1 Å². The Morgan fingerprint density at radius 2 is 1.56 bits per heavy atom. The van der Waals surface area contributed by atoms with Gasteiger partial charge in [0.25, 0.3) is 0 Å². The van der Waals surface area contributed by atoms with Gasteiger partial charge in [-0.25, -0.2) is 4.39 Å². The minimum atomic E-state index is -0.686. The fourth-order valence-corrected chi connectivity index (χ4v) is 3.39. The van der Waals surface area contributed by atoms with Gasteiger partial charge < -0.3 is 0 Å². The van der Waals surface area contributed by atoms with Gasteiger partial charge in [0.15, 0.2) is 0 Å². The number of hydrogen-bond acceptors (Lipinski definition) is 2. The number of alkyl halides is 1. The summed E-state index contributed by atoms with van der Waals surface area (Å²) in [5.74, 6) is 0. The van der Waals surface area contributed by atoms with Crippen LogP contribution in [0.15, 0.2) is 72.9 Å². The lowest BCUT2D eigenvalue weighted by molar-refractivity contribution is 0.280. The second-order valence-electron chi connectivity index (χ2n) is 6.60. The van der Waals surface area contributed by atoms with Gasteiger partial charge in [0.2, 0.25) is 0 Å². The first-order valence-corrected chi connectivity index (χ1v) is 8.75. The Morgan fingerprint density at radius 1 is 0.880 bits per heavy atom. The van der Waals surface area contributed by atoms with Crippen LogP contribution in [0.25, 0.3) is 22.3 Å². The number of nitrogens with zero attached hydrogens (tertiary/aromatic N) is 2. The molecule has 25 heavy (non-hydrogen) atoms. The van der Waals surface area contributed by atoms with Gasteiger partial charge in [0.1, 0.15) is 6.17 Å². The summed E-state index contributed by atoms with van der Waals surface area (Å²) >= 11 is 0. The highest BCUT2D eigenvalue weighted by Gasteiger charge is 2.21. The molecular weight excluding hydrogens is 311 g/mol. The summed E-state index contributed by atoms with van der Waals surface area (Å²) in [7, 11) is 0. The van der Waals surface area contributed by atoms with Gasteiger partial charge in [-0.3, -0.25) is 9.88 Å². The Hall–Kier alpha value is -2.52. The first kappa shape index (κ1) is 16.0. The van der Waals surface area contributed by atoms with Crippen molar-refractivity contribution in [2.45, 2.75) is 19.1 Å². The summed E-state index contributed by atoms with van der Waals surface area (Å²) in [6, 6.07) is 23.1. The molecule has 1 fully saturated rings. The molecule has 0 radical (unpaired) electrons. The number of aromatic nitrogens is 1. The van der Waals surface area contributed by atoms with Crippen molar-refractivity contribution >= 4 is 0 Å². The van der Waals surface area contributed by atoms with Gasteiger partial charge in [0, 0.05) is 25.8 Å². The van der Waals surface area contributed by atoms with E-state index >= 15 is 0 Å². The van der Waals surface area contributed by atoms with Crippen molar-refractivity contribution in [1.82, 2.24) is 9.88 Å². The lowest BCUT2D eigenvalue weighted by atomic mass is 10.0. The van der Waals surface area contributed by atoms with Crippen molar-refractivity contribution in [3.8, 4) is 22.3 Å². The molecule has 4 rings (SSSR count). The van der Waals surface area contributed by atoms with Gasteiger partial charge in [-0.05, 0) is 40.8 Å². The lowest BCUT2D eigenvalue weighted by Gasteiger charge is -2.14. The molecule has 1 atom stereocenters. The maximum atomic E-state index is 13.3. The van der Waals surface area contributed by atoms with E-state index < -0.39 is 6.17 Å². The molecular formula is C22H21FN2. The van der Waals surface area contributed by atoms with Gasteiger partial charge in [0.05, 0.1) is 5.69 Å². The minimum absolute atomic E-state index is 0.525. The first-order chi connectivity index (χ1) is 12.3. The van der Waals surface area contributed by atoms with Crippen molar-refractivity contribution in [1.29, 1.82) is 0 Å². The van der Waals surface area contributed by atoms with Gasteiger partial charge in [-0.1, -0.05) is 54.6 Å². The maximum Gasteiger partial charge on any atom is 0.114 e. The molecule has 1 aliphatic rings. The molecule has 126 valence electrons. The average molecular weight is 332 g/mol. The van der Waals surface area contributed by atoms with Crippen LogP contribution in [-0.2, 0) is 6.54 Å². The molecule has 0 N–H and O–H groups in total. The number of rotatable bonds is 4. The minimum Gasteiger partial charge on any atom is -0.295 e. The van der Waals surface area contributed by atoms with Crippen molar-refractivity contribution < 1.29 is 4.39 Å². The SMILES string of the molecule is FC1CCN(Cc2cc(-c3ccc(-c4ccccc4)cc3)ccn2)C1. The van der Waals surface area contributed by atoms with Crippen LogP contribution in [0.3, 0.4) is 0 Å². The molecule has 1 aromatic heterocycles. The Kier molecular flexibility index (Phi) is 4.57. The topological polar surface area (TPSA) is 16.1 Å². The van der Waals surface area contributed by atoms with Crippen LogP contribution >= 0.6 is 0 Å². The van der Waals surface area contributed by atoms with Crippen molar-refractivity contribution in [3.63, 3.8) is 0 Å². The zero-order chi connectivity index (χ0) is 17.1. The second-order valence-corrected chi connectivity index (χ2v) is 6.60. The summed E-state index contributed by atoms with van der Waals surface area (Å²) in [6.45, 7) is 2.06. The molecule has 0 spiro atoms. The molecule has 3 heteroatoms. The van der Waals surface area contributed by atoms with Crippen LogP contribution in [0, 0.1) is 0 Å². The molecule has 0 amide bonds. The predicted octanol–water partition coefficient (Wildman–Crippen LogP) is 4.96. The number of likely N-dealkylation sites (tertiary alicyclic amines) is 1. The molecule has 2 nitrogen and oxygen atoms in total. The van der Waals surface area contributed by atoms with E-state index in [4.69, 9.17) is 0 Å². The molecule has 0 bridgehead atoms. The Morgan fingerprint density at radius 3 is 2.24 bits per heavy atom. The fourth-order valence-electron chi connectivity index (χ4n) is 3.39. The summed E-state index contributed by atoms with van der Waals surface area (Å²) < 4.78 is 13.3. The highest BCUT2D eigenvalue weighted by molar-refractivity contribution is 5.70. The van der Waals surface area contributed by atoms with E-state index in [-0.39, 0.29) is 0 Å². The summed E-state index contributed by atoms with van der Waals surface area (Å²) in [5, 5.41) is 0. The van der Waals surface area contributed by atoms with Gasteiger partial charge >= 0.3 is 0 Å². The summed E-state index contributed by atoms with van der Waals surface area (Å²) in [6.07, 6.45) is 1.80. The smallest absolute Gasteiger partial charge is 0.114 e. The van der Waals surface area contributed by atoms with Gasteiger partial charge in [-0.15, -0.1) is 0 Å². The van der Waals surface area contributed by atoms with Crippen molar-refractivity contribution in [2.75, 3.05) is 13.1 Å². The number of pyridine rings is 1. The predicted molar refractivity (Wildman–Crippen MR) is 99.9 cm³/mol. The third-order valence-corrected chi connectivity index (χ3v) is 4.74. The summed E-state index contributed by atoms with van der Waals surface area (Å²) in [5.41, 5.74) is 5.76. The molecule has 1 saturated heterocycles. The molecule has 0 saturated carbocycles. The zero-order valence-corrected chi connectivity index (χ0v) is 14.1. The molecule has 0 aliphatic carbocycles. The van der Waals surface area contributed by atoms with Crippen LogP contribution in [-0.4, -0.2) is 29.1 Å². The van der Waals surface area contributed by atoms with E-state index in [1.165, 1.54) is 16.7 Å². The highest BCUT2D eigenvalue weighted by Crippen LogP contribution is 2.25. The molecule has 1 unspecified atom stereocenters. The van der Waals surface area contributed by atoms with Crippen LogP contribution in [0.5, 0.6) is 0 Å². The highest BCUT2D eigenvalue weighted by atomic mass is 19.1. The van der Waals surface area contributed by atoms with E-state index in [1.54, 1.807) is 0 Å². The maximum absolute atomic E-state index is 13.3. The van der Waals surface area contributed by atoms with E-state index in [2.05, 4.69) is 64.5 Å². The quantitative estimate of drug-likeness (QED) is 0.671. The van der Waals surface area contributed by atoms with Crippen LogP contribution in [0.2, 0.25) is 0 Å². The standard InChI is InChI=1S/C22H21FN2/c23-21-11-13-25(15-21)16-22-14-20(10-12-24-22)19-8-6-18(7-9-19)17-4-2-1-3-5-17/h1-10,12,14,21H,11,13,15-16H2. The molecule has 1 aliphatic heterocycles. The van der Waals surface area contributed by atoms with Gasteiger partial charge in [-0.2, -0.15) is 0 Å². The molecule has 3 aromatic rings. The van der Waals surface area contributed by atoms with E-state index in [9.17, 15) is 4.39 Å². The zero-order valence-electron chi connectivity index (χ0n) is 14.1. The van der Waals surface area contributed by atoms with E-state index in [1.807, 2.05) is 18.3 Å². The number of benzene rings is 2. The monoisotopic (exact) mass is 332 g/mol. The first-order valence-electron chi connectivity index (χ1n) is 8.75. The normalized spacial score (nSPS) is 17.7. The van der Waals surface area contributed by atoms with Crippen LogP contribution in [0.4, 0.5) is 4.39 Å². The second kappa shape index (κ2) is 7.16.